The van der Waals surface area contributed by atoms with Crippen molar-refractivity contribution in [1.82, 2.24) is 9.97 Å². The first kappa shape index (κ1) is 11.4. The van der Waals surface area contributed by atoms with Crippen LogP contribution in [0.4, 0.5) is 5.95 Å². The zero-order valence-corrected chi connectivity index (χ0v) is 9.19. The highest BCUT2D eigenvalue weighted by atomic mass is 16.1. The number of hydrogen-bond acceptors (Lipinski definition) is 4. The summed E-state index contributed by atoms with van der Waals surface area (Å²) in [6.07, 6.45) is 1.64. The molecule has 0 aliphatic rings. The van der Waals surface area contributed by atoms with E-state index in [9.17, 15) is 4.79 Å². The summed E-state index contributed by atoms with van der Waals surface area (Å²) in [6, 6.07) is 1.35. The van der Waals surface area contributed by atoms with Gasteiger partial charge in [0.15, 0.2) is 0 Å². The van der Waals surface area contributed by atoms with E-state index in [0.29, 0.717) is 5.95 Å². The molecule has 5 nitrogen and oxygen atoms in total. The molecule has 0 saturated heterocycles. The van der Waals surface area contributed by atoms with E-state index < -0.39 is 11.9 Å². The highest BCUT2D eigenvalue weighted by Crippen LogP contribution is 2.08. The second-order valence-corrected chi connectivity index (χ2v) is 3.79. The minimum absolute atomic E-state index is 0.103. The number of hydrogen-bond donors (Lipinski definition) is 2. The first-order valence-corrected chi connectivity index (χ1v) is 4.86. The van der Waals surface area contributed by atoms with Crippen LogP contribution in [-0.4, -0.2) is 21.9 Å². The highest BCUT2D eigenvalue weighted by molar-refractivity contribution is 5.82. The van der Waals surface area contributed by atoms with Crippen LogP contribution in [0.5, 0.6) is 0 Å². The highest BCUT2D eigenvalue weighted by Gasteiger charge is 2.19. The van der Waals surface area contributed by atoms with Crippen molar-refractivity contribution >= 4 is 11.9 Å². The summed E-state index contributed by atoms with van der Waals surface area (Å²) in [5, 5.41) is 2.92. The topological polar surface area (TPSA) is 80.9 Å². The van der Waals surface area contributed by atoms with Gasteiger partial charge in [0.05, 0.1) is 0 Å². The Morgan fingerprint density at radius 3 is 2.67 bits per heavy atom. The Kier molecular flexibility index (Phi) is 3.60. The molecule has 15 heavy (non-hydrogen) atoms. The number of carbonyl (C=O) groups excluding carboxylic acids is 1. The summed E-state index contributed by atoms with van der Waals surface area (Å²) < 4.78 is 0. The Balaban J connectivity index is 2.79. The molecule has 0 saturated carbocycles. The van der Waals surface area contributed by atoms with Gasteiger partial charge in [0, 0.05) is 11.9 Å². The zero-order valence-electron chi connectivity index (χ0n) is 9.19. The maximum Gasteiger partial charge on any atom is 0.240 e. The van der Waals surface area contributed by atoms with Crippen molar-refractivity contribution in [3.8, 4) is 0 Å². The van der Waals surface area contributed by atoms with Crippen molar-refractivity contribution in [1.29, 1.82) is 0 Å². The molecule has 0 unspecified atom stereocenters. The zero-order chi connectivity index (χ0) is 11.4. The molecule has 0 spiro atoms. The summed E-state index contributed by atoms with van der Waals surface area (Å²) in [5.41, 5.74) is 6.11. The molecule has 0 fully saturated rings. The fraction of sp³-hybridized carbons (Fsp3) is 0.500. The van der Waals surface area contributed by atoms with Gasteiger partial charge in [-0.05, 0) is 18.9 Å². The third-order valence-corrected chi connectivity index (χ3v) is 2.05. The quantitative estimate of drug-likeness (QED) is 0.763. The first-order valence-electron chi connectivity index (χ1n) is 4.86. The van der Waals surface area contributed by atoms with Gasteiger partial charge in [0.25, 0.3) is 0 Å². The molecule has 1 rings (SSSR count). The van der Waals surface area contributed by atoms with Gasteiger partial charge in [0.2, 0.25) is 11.9 Å². The lowest BCUT2D eigenvalue weighted by Gasteiger charge is -2.18. The van der Waals surface area contributed by atoms with Crippen LogP contribution >= 0.6 is 0 Å². The second kappa shape index (κ2) is 4.72. The Bertz CT molecular complexity index is 351. The molecule has 0 aromatic carbocycles. The van der Waals surface area contributed by atoms with Crippen molar-refractivity contribution in [2.24, 2.45) is 11.7 Å². The van der Waals surface area contributed by atoms with Crippen LogP contribution in [-0.2, 0) is 4.79 Å². The lowest BCUT2D eigenvalue weighted by Crippen LogP contribution is -2.40. The van der Waals surface area contributed by atoms with Crippen LogP contribution in [0.2, 0.25) is 0 Å². The molecule has 3 N–H and O–H groups in total. The summed E-state index contributed by atoms with van der Waals surface area (Å²) in [6.45, 7) is 5.69. The number of rotatable bonds is 4. The Hall–Kier alpha value is -1.65. The Labute approximate surface area is 89.1 Å². The normalized spacial score (nSPS) is 12.5. The van der Waals surface area contributed by atoms with Gasteiger partial charge in [-0.25, -0.2) is 9.97 Å². The number of nitrogens with two attached hydrogens (primary N) is 1. The van der Waals surface area contributed by atoms with E-state index in [2.05, 4.69) is 15.3 Å². The van der Waals surface area contributed by atoms with E-state index in [0.717, 1.165) is 5.69 Å². The molecule has 1 atom stereocenters. The molecule has 82 valence electrons. The number of aryl methyl sites for hydroxylation is 1. The van der Waals surface area contributed by atoms with Crippen molar-refractivity contribution in [2.75, 3.05) is 5.32 Å². The minimum Gasteiger partial charge on any atom is -0.368 e. The van der Waals surface area contributed by atoms with Crippen molar-refractivity contribution in [3.05, 3.63) is 18.0 Å². The van der Waals surface area contributed by atoms with Gasteiger partial charge in [-0.1, -0.05) is 13.8 Å². The summed E-state index contributed by atoms with van der Waals surface area (Å²) in [7, 11) is 0. The lowest BCUT2D eigenvalue weighted by molar-refractivity contribution is -0.119. The molecule has 0 aliphatic carbocycles. The Morgan fingerprint density at radius 1 is 1.53 bits per heavy atom. The fourth-order valence-corrected chi connectivity index (χ4v) is 1.22. The monoisotopic (exact) mass is 208 g/mol. The van der Waals surface area contributed by atoms with Gasteiger partial charge in [0.1, 0.15) is 6.04 Å². The van der Waals surface area contributed by atoms with Crippen LogP contribution < -0.4 is 11.1 Å². The molecule has 0 bridgehead atoms. The molecule has 0 radical (unpaired) electrons. The third-order valence-electron chi connectivity index (χ3n) is 2.05. The largest absolute Gasteiger partial charge is 0.368 e. The molecule has 0 aliphatic heterocycles. The molecule has 1 aromatic heterocycles. The second-order valence-electron chi connectivity index (χ2n) is 3.79. The van der Waals surface area contributed by atoms with Crippen molar-refractivity contribution < 1.29 is 4.79 Å². The lowest BCUT2D eigenvalue weighted by atomic mass is 10.0. The first-order chi connectivity index (χ1) is 7.00. The molecular formula is C10H16N4O. The van der Waals surface area contributed by atoms with Gasteiger partial charge in [-0.3, -0.25) is 4.79 Å². The smallest absolute Gasteiger partial charge is 0.240 e. The number of carbonyl (C=O) groups is 1. The number of aromatic nitrogens is 2. The summed E-state index contributed by atoms with van der Waals surface area (Å²) in [5.74, 6) is 0.147. The van der Waals surface area contributed by atoms with E-state index in [1.165, 1.54) is 0 Å². The minimum atomic E-state index is -0.438. The van der Waals surface area contributed by atoms with E-state index >= 15 is 0 Å². The molecule has 1 amide bonds. The third kappa shape index (κ3) is 3.19. The van der Waals surface area contributed by atoms with Gasteiger partial charge < -0.3 is 11.1 Å². The van der Waals surface area contributed by atoms with Crippen LogP contribution in [0, 0.1) is 12.8 Å². The van der Waals surface area contributed by atoms with E-state index in [4.69, 9.17) is 5.73 Å². The number of anilines is 1. The van der Waals surface area contributed by atoms with Crippen molar-refractivity contribution in [2.45, 2.75) is 26.8 Å². The molecule has 1 aromatic rings. The van der Waals surface area contributed by atoms with E-state index in [1.807, 2.05) is 20.8 Å². The number of primary amides is 1. The van der Waals surface area contributed by atoms with Gasteiger partial charge in [-0.2, -0.15) is 0 Å². The van der Waals surface area contributed by atoms with Crippen LogP contribution in [0.1, 0.15) is 19.5 Å². The SMILES string of the molecule is Cc1ccnc(N[C@H](C(N)=O)C(C)C)n1. The average molecular weight is 208 g/mol. The van der Waals surface area contributed by atoms with E-state index in [1.54, 1.807) is 12.3 Å². The predicted octanol–water partition coefficient (Wildman–Crippen LogP) is 0.707. The predicted molar refractivity (Wildman–Crippen MR) is 58.2 cm³/mol. The Morgan fingerprint density at radius 2 is 2.20 bits per heavy atom. The number of amides is 1. The van der Waals surface area contributed by atoms with Crippen LogP contribution in [0.3, 0.4) is 0 Å². The van der Waals surface area contributed by atoms with E-state index in [-0.39, 0.29) is 5.92 Å². The maximum absolute atomic E-state index is 11.1. The average Bonchev–Trinajstić information content (AvgIpc) is 2.13. The summed E-state index contributed by atoms with van der Waals surface area (Å²) in [4.78, 5) is 19.3. The van der Waals surface area contributed by atoms with Gasteiger partial charge in [-0.15, -0.1) is 0 Å². The molecule has 5 heteroatoms. The fourth-order valence-electron chi connectivity index (χ4n) is 1.22. The van der Waals surface area contributed by atoms with Gasteiger partial charge >= 0.3 is 0 Å². The van der Waals surface area contributed by atoms with Crippen LogP contribution in [0.25, 0.3) is 0 Å². The van der Waals surface area contributed by atoms with Crippen LogP contribution in [0.15, 0.2) is 12.3 Å². The summed E-state index contributed by atoms with van der Waals surface area (Å²) >= 11 is 0. The molecular weight excluding hydrogens is 192 g/mol. The maximum atomic E-state index is 11.1. The number of nitrogens with one attached hydrogen (secondary N) is 1. The standard InChI is InChI=1S/C10H16N4O/c1-6(2)8(9(11)15)14-10-12-5-4-7(3)13-10/h4-6,8H,1-3H3,(H2,11,15)(H,12,13,14)/t8-/m0/s1. The van der Waals surface area contributed by atoms with Crippen molar-refractivity contribution in [3.63, 3.8) is 0 Å². The number of nitrogens with zero attached hydrogens (tertiary/aromatic N) is 2. The molecule has 1 heterocycles.